The van der Waals surface area contributed by atoms with Crippen LogP contribution in [0.25, 0.3) is 11.1 Å². The Morgan fingerprint density at radius 2 is 1.60 bits per heavy atom. The van der Waals surface area contributed by atoms with E-state index in [2.05, 4.69) is 0 Å². The van der Waals surface area contributed by atoms with E-state index >= 15 is 0 Å². The number of carbonyl (C=O) groups is 1. The van der Waals surface area contributed by atoms with Crippen LogP contribution in [0.15, 0.2) is 48.5 Å². The molecule has 1 saturated heterocycles. The fourth-order valence-corrected chi connectivity index (χ4v) is 3.12. The molecule has 2 aromatic carbocycles. The van der Waals surface area contributed by atoms with E-state index in [1.165, 1.54) is 12.1 Å². The molecule has 1 N–H and O–H groups in total. The number of aliphatic hydroxyl groups is 1. The van der Waals surface area contributed by atoms with Gasteiger partial charge in [-0.15, -0.1) is 0 Å². The van der Waals surface area contributed by atoms with E-state index in [0.717, 1.165) is 30.5 Å². The van der Waals surface area contributed by atoms with Crippen molar-refractivity contribution >= 4 is 5.91 Å². The number of alkyl halides is 3. The van der Waals surface area contributed by atoms with Gasteiger partial charge in [-0.05, 0) is 48.2 Å². The number of amides is 1. The van der Waals surface area contributed by atoms with Gasteiger partial charge in [0.15, 0.2) is 0 Å². The van der Waals surface area contributed by atoms with E-state index in [1.807, 2.05) is 0 Å². The van der Waals surface area contributed by atoms with Gasteiger partial charge in [-0.2, -0.15) is 13.2 Å². The van der Waals surface area contributed by atoms with Gasteiger partial charge in [0.25, 0.3) is 5.91 Å². The molecular formula is C19H18F3NO2. The van der Waals surface area contributed by atoms with Crippen LogP contribution in [0.4, 0.5) is 13.2 Å². The molecule has 1 atom stereocenters. The fraction of sp³-hybridized carbons (Fsp3) is 0.316. The van der Waals surface area contributed by atoms with Gasteiger partial charge in [-0.3, -0.25) is 4.79 Å². The molecule has 132 valence electrons. The molecule has 1 aliphatic rings. The molecule has 1 amide bonds. The summed E-state index contributed by atoms with van der Waals surface area (Å²) in [7, 11) is 0. The fourth-order valence-electron chi connectivity index (χ4n) is 3.12. The van der Waals surface area contributed by atoms with Crippen LogP contribution >= 0.6 is 0 Å². The number of likely N-dealkylation sites (tertiary alicyclic amines) is 1. The van der Waals surface area contributed by atoms with Crippen molar-refractivity contribution in [2.24, 2.45) is 0 Å². The summed E-state index contributed by atoms with van der Waals surface area (Å²) in [5.74, 6) is -0.129. The van der Waals surface area contributed by atoms with Gasteiger partial charge in [-0.25, -0.2) is 0 Å². The summed E-state index contributed by atoms with van der Waals surface area (Å²) >= 11 is 0. The van der Waals surface area contributed by atoms with Crippen LogP contribution in [0.2, 0.25) is 0 Å². The number of halogens is 3. The zero-order chi connectivity index (χ0) is 18.0. The average Bonchev–Trinajstić information content (AvgIpc) is 3.09. The van der Waals surface area contributed by atoms with Crippen LogP contribution < -0.4 is 0 Å². The Labute approximate surface area is 143 Å². The molecule has 0 radical (unpaired) electrons. The van der Waals surface area contributed by atoms with Crippen molar-refractivity contribution in [1.29, 1.82) is 0 Å². The molecule has 1 aliphatic heterocycles. The first kappa shape index (κ1) is 17.5. The summed E-state index contributed by atoms with van der Waals surface area (Å²) in [5.41, 5.74) is 1.22. The van der Waals surface area contributed by atoms with Gasteiger partial charge in [0.2, 0.25) is 0 Å². The minimum atomic E-state index is -4.35. The topological polar surface area (TPSA) is 40.5 Å². The number of rotatable bonds is 3. The van der Waals surface area contributed by atoms with Crippen LogP contribution in [-0.2, 0) is 6.18 Å². The van der Waals surface area contributed by atoms with Gasteiger partial charge in [-0.1, -0.05) is 24.3 Å². The van der Waals surface area contributed by atoms with Crippen LogP contribution in [0, 0.1) is 0 Å². The van der Waals surface area contributed by atoms with Crippen LogP contribution in [0.3, 0.4) is 0 Å². The average molecular weight is 349 g/mol. The first-order chi connectivity index (χ1) is 11.9. The second-order valence-corrected chi connectivity index (χ2v) is 6.13. The Morgan fingerprint density at radius 1 is 1.04 bits per heavy atom. The van der Waals surface area contributed by atoms with E-state index in [4.69, 9.17) is 0 Å². The van der Waals surface area contributed by atoms with E-state index in [0.29, 0.717) is 17.7 Å². The van der Waals surface area contributed by atoms with Crippen LogP contribution in [0.1, 0.15) is 28.8 Å². The highest BCUT2D eigenvalue weighted by atomic mass is 19.4. The Hall–Kier alpha value is -2.34. The molecule has 1 fully saturated rings. The summed E-state index contributed by atoms with van der Waals surface area (Å²) in [6.07, 6.45) is -2.68. The lowest BCUT2D eigenvalue weighted by Gasteiger charge is -2.23. The molecule has 6 heteroatoms. The van der Waals surface area contributed by atoms with Gasteiger partial charge in [0.1, 0.15) is 0 Å². The maximum atomic E-state index is 12.6. The molecular weight excluding hydrogens is 331 g/mol. The minimum absolute atomic E-state index is 0.0463. The number of nitrogens with zero attached hydrogens (tertiary/aromatic N) is 1. The van der Waals surface area contributed by atoms with Crippen molar-refractivity contribution in [3.63, 3.8) is 0 Å². The van der Waals surface area contributed by atoms with Crippen molar-refractivity contribution in [2.75, 3.05) is 13.2 Å². The smallest absolute Gasteiger partial charge is 0.394 e. The first-order valence-electron chi connectivity index (χ1n) is 8.09. The molecule has 0 aromatic heterocycles. The quantitative estimate of drug-likeness (QED) is 0.911. The van der Waals surface area contributed by atoms with Crippen molar-refractivity contribution in [3.8, 4) is 11.1 Å². The lowest BCUT2D eigenvalue weighted by atomic mass is 10.0. The molecule has 0 unspecified atom stereocenters. The minimum Gasteiger partial charge on any atom is -0.394 e. The SMILES string of the molecule is O=C(c1ccc(-c2ccc(C(F)(F)F)cc2)cc1)N1CCC[C@H]1CO. The van der Waals surface area contributed by atoms with Gasteiger partial charge >= 0.3 is 6.18 Å². The Balaban J connectivity index is 1.77. The van der Waals surface area contributed by atoms with Gasteiger partial charge in [0.05, 0.1) is 18.2 Å². The Kier molecular flexibility index (Phi) is 4.81. The number of carbonyl (C=O) groups excluding carboxylic acids is 1. The molecule has 3 rings (SSSR count). The molecule has 3 nitrogen and oxygen atoms in total. The lowest BCUT2D eigenvalue weighted by molar-refractivity contribution is -0.137. The number of hydrogen-bond acceptors (Lipinski definition) is 2. The zero-order valence-electron chi connectivity index (χ0n) is 13.5. The molecule has 0 saturated carbocycles. The molecule has 0 aliphatic carbocycles. The molecule has 25 heavy (non-hydrogen) atoms. The van der Waals surface area contributed by atoms with E-state index in [1.54, 1.807) is 29.2 Å². The third kappa shape index (κ3) is 3.69. The van der Waals surface area contributed by atoms with Gasteiger partial charge in [0, 0.05) is 12.1 Å². The number of hydrogen-bond donors (Lipinski definition) is 1. The normalized spacial score (nSPS) is 17.8. The highest BCUT2D eigenvalue weighted by Gasteiger charge is 2.30. The summed E-state index contributed by atoms with van der Waals surface area (Å²) in [4.78, 5) is 14.2. The standard InChI is InChI=1S/C19H18F3NO2/c20-19(21,22)16-9-7-14(8-10-16)13-3-5-15(6-4-13)18(25)23-11-1-2-17(23)12-24/h3-10,17,24H,1-2,11-12H2/t17-/m0/s1. The van der Waals surface area contributed by atoms with Gasteiger partial charge < -0.3 is 10.0 Å². The Morgan fingerprint density at radius 3 is 2.12 bits per heavy atom. The first-order valence-corrected chi connectivity index (χ1v) is 8.09. The maximum Gasteiger partial charge on any atom is 0.416 e. The maximum absolute atomic E-state index is 12.6. The monoisotopic (exact) mass is 349 g/mol. The largest absolute Gasteiger partial charge is 0.416 e. The summed E-state index contributed by atoms with van der Waals surface area (Å²) < 4.78 is 37.8. The van der Waals surface area contributed by atoms with Crippen molar-refractivity contribution in [1.82, 2.24) is 4.90 Å². The predicted octanol–water partition coefficient (Wildman–Crippen LogP) is 3.97. The number of aliphatic hydroxyl groups excluding tert-OH is 1. The predicted molar refractivity (Wildman–Crippen MR) is 88.0 cm³/mol. The summed E-state index contributed by atoms with van der Waals surface area (Å²) in [6, 6.07) is 11.6. The Bertz CT molecular complexity index is 739. The van der Waals surface area contributed by atoms with E-state index in [-0.39, 0.29) is 18.6 Å². The third-order valence-corrected chi connectivity index (χ3v) is 4.53. The molecule has 1 heterocycles. The number of benzene rings is 2. The third-order valence-electron chi connectivity index (χ3n) is 4.53. The highest BCUT2D eigenvalue weighted by molar-refractivity contribution is 5.95. The zero-order valence-corrected chi connectivity index (χ0v) is 13.5. The molecule has 2 aromatic rings. The summed E-state index contributed by atoms with van der Waals surface area (Å²) in [6.45, 7) is 0.583. The second kappa shape index (κ2) is 6.88. The van der Waals surface area contributed by atoms with Crippen molar-refractivity contribution in [2.45, 2.75) is 25.1 Å². The van der Waals surface area contributed by atoms with Crippen molar-refractivity contribution in [3.05, 3.63) is 59.7 Å². The van der Waals surface area contributed by atoms with E-state index in [9.17, 15) is 23.1 Å². The lowest BCUT2D eigenvalue weighted by Crippen LogP contribution is -2.37. The van der Waals surface area contributed by atoms with Crippen LogP contribution in [-0.4, -0.2) is 35.1 Å². The van der Waals surface area contributed by atoms with E-state index < -0.39 is 11.7 Å². The highest BCUT2D eigenvalue weighted by Crippen LogP contribution is 2.31. The van der Waals surface area contributed by atoms with Crippen LogP contribution in [0.5, 0.6) is 0 Å². The van der Waals surface area contributed by atoms with Crippen molar-refractivity contribution < 1.29 is 23.1 Å². The summed E-state index contributed by atoms with van der Waals surface area (Å²) in [5, 5.41) is 9.33. The second-order valence-electron chi connectivity index (χ2n) is 6.13. The molecule has 0 spiro atoms. The molecule has 0 bridgehead atoms.